The van der Waals surface area contributed by atoms with Crippen molar-refractivity contribution in [1.82, 2.24) is 25.3 Å². The molecule has 1 aromatic rings. The number of amides is 2. The summed E-state index contributed by atoms with van der Waals surface area (Å²) in [6.45, 7) is 3.83. The second-order valence-electron chi connectivity index (χ2n) is 7.34. The summed E-state index contributed by atoms with van der Waals surface area (Å²) in [4.78, 5) is 26.2. The minimum Gasteiger partial charge on any atom is -0.441 e. The summed E-state index contributed by atoms with van der Waals surface area (Å²) in [6, 6.07) is 1.76. The third-order valence-electron chi connectivity index (χ3n) is 6.03. The highest BCUT2D eigenvalue weighted by atomic mass is 16.6. The van der Waals surface area contributed by atoms with E-state index in [4.69, 9.17) is 4.74 Å². The van der Waals surface area contributed by atoms with Gasteiger partial charge in [-0.2, -0.15) is 5.10 Å². The standard InChI is InChI=1S/C17H25N5O3/c1-21-14(2-6-20-21)15(23)22-8-3-12(4-9-22)13-10-18-7-5-17(13)11-19-16(24)25-17/h2,6,12-13,18H,3-5,7-11H2,1H3,(H,19,24). The smallest absolute Gasteiger partial charge is 0.407 e. The quantitative estimate of drug-likeness (QED) is 0.806. The Morgan fingerprint density at radius 1 is 1.40 bits per heavy atom. The SMILES string of the molecule is Cn1nccc1C(=O)N1CCC(C2CNCCC23CNC(=O)O3)CC1. The molecule has 2 atom stereocenters. The predicted molar refractivity (Wildman–Crippen MR) is 90.0 cm³/mol. The van der Waals surface area contributed by atoms with Crippen LogP contribution >= 0.6 is 0 Å². The van der Waals surface area contributed by atoms with Gasteiger partial charge in [-0.1, -0.05) is 0 Å². The van der Waals surface area contributed by atoms with Crippen LogP contribution < -0.4 is 10.6 Å². The van der Waals surface area contributed by atoms with Crippen molar-refractivity contribution in [2.24, 2.45) is 18.9 Å². The number of aromatic nitrogens is 2. The van der Waals surface area contributed by atoms with E-state index in [2.05, 4.69) is 15.7 Å². The van der Waals surface area contributed by atoms with Crippen molar-refractivity contribution in [2.75, 3.05) is 32.7 Å². The number of hydrogen-bond acceptors (Lipinski definition) is 5. The van der Waals surface area contributed by atoms with E-state index in [-0.39, 0.29) is 17.6 Å². The van der Waals surface area contributed by atoms with Gasteiger partial charge in [0.1, 0.15) is 11.3 Å². The largest absolute Gasteiger partial charge is 0.441 e. The third kappa shape index (κ3) is 2.88. The highest BCUT2D eigenvalue weighted by molar-refractivity contribution is 5.92. The molecule has 4 heterocycles. The lowest BCUT2D eigenvalue weighted by molar-refractivity contribution is -0.0479. The maximum absolute atomic E-state index is 12.6. The lowest BCUT2D eigenvalue weighted by Gasteiger charge is -2.45. The number of nitrogens with one attached hydrogen (secondary N) is 2. The Hall–Kier alpha value is -2.09. The van der Waals surface area contributed by atoms with Crippen LogP contribution in [0.5, 0.6) is 0 Å². The fraction of sp³-hybridized carbons (Fsp3) is 0.706. The molecule has 8 nitrogen and oxygen atoms in total. The van der Waals surface area contributed by atoms with Gasteiger partial charge in [-0.15, -0.1) is 0 Å². The van der Waals surface area contributed by atoms with Crippen LogP contribution in [0.3, 0.4) is 0 Å². The zero-order chi connectivity index (χ0) is 17.4. The van der Waals surface area contributed by atoms with Crippen molar-refractivity contribution in [3.8, 4) is 0 Å². The Morgan fingerprint density at radius 2 is 2.20 bits per heavy atom. The number of piperidine rings is 2. The molecule has 8 heteroatoms. The van der Waals surface area contributed by atoms with E-state index in [1.165, 1.54) is 0 Å². The number of ether oxygens (including phenoxy) is 1. The summed E-state index contributed by atoms with van der Waals surface area (Å²) in [6.07, 6.45) is 4.09. The molecule has 0 bridgehead atoms. The normalized spacial score (nSPS) is 30.4. The average molecular weight is 347 g/mol. The molecule has 0 radical (unpaired) electrons. The fourth-order valence-electron chi connectivity index (χ4n) is 4.60. The number of hydrogen-bond donors (Lipinski definition) is 2. The fourth-order valence-corrected chi connectivity index (χ4v) is 4.60. The maximum atomic E-state index is 12.6. The number of likely N-dealkylation sites (tertiary alicyclic amines) is 1. The van der Waals surface area contributed by atoms with Crippen LogP contribution in [-0.4, -0.2) is 65.0 Å². The Morgan fingerprint density at radius 3 is 2.84 bits per heavy atom. The first kappa shape index (κ1) is 16.4. The maximum Gasteiger partial charge on any atom is 0.407 e. The van der Waals surface area contributed by atoms with E-state index >= 15 is 0 Å². The van der Waals surface area contributed by atoms with Crippen molar-refractivity contribution < 1.29 is 14.3 Å². The predicted octanol–water partition coefficient (Wildman–Crippen LogP) is 0.360. The van der Waals surface area contributed by atoms with Gasteiger partial charge in [-0.25, -0.2) is 4.79 Å². The Kier molecular flexibility index (Phi) is 4.15. The van der Waals surface area contributed by atoms with Crippen LogP contribution in [0, 0.1) is 11.8 Å². The molecule has 4 rings (SSSR count). The lowest BCUT2D eigenvalue weighted by atomic mass is 9.71. The van der Waals surface area contributed by atoms with Crippen molar-refractivity contribution >= 4 is 12.0 Å². The molecule has 3 aliphatic rings. The second kappa shape index (κ2) is 6.33. The van der Waals surface area contributed by atoms with Crippen LogP contribution in [0.2, 0.25) is 0 Å². The van der Waals surface area contributed by atoms with Gasteiger partial charge in [0, 0.05) is 45.2 Å². The topological polar surface area (TPSA) is 88.5 Å². The molecule has 3 saturated heterocycles. The molecular formula is C17H25N5O3. The number of carbonyl (C=O) groups excluding carboxylic acids is 2. The van der Waals surface area contributed by atoms with Crippen molar-refractivity contribution in [2.45, 2.75) is 24.9 Å². The van der Waals surface area contributed by atoms with Crippen LogP contribution in [0.25, 0.3) is 0 Å². The van der Waals surface area contributed by atoms with Crippen LogP contribution in [0.15, 0.2) is 12.3 Å². The molecule has 136 valence electrons. The average Bonchev–Trinajstić information content (AvgIpc) is 3.21. The molecule has 0 saturated carbocycles. The van der Waals surface area contributed by atoms with Crippen molar-refractivity contribution in [3.05, 3.63) is 18.0 Å². The molecule has 0 aliphatic carbocycles. The molecule has 0 aromatic carbocycles. The van der Waals surface area contributed by atoms with E-state index in [0.717, 1.165) is 45.4 Å². The van der Waals surface area contributed by atoms with E-state index in [1.54, 1.807) is 24.0 Å². The molecule has 25 heavy (non-hydrogen) atoms. The van der Waals surface area contributed by atoms with E-state index in [0.29, 0.717) is 24.1 Å². The molecule has 2 unspecified atom stereocenters. The van der Waals surface area contributed by atoms with Gasteiger partial charge in [0.25, 0.3) is 5.91 Å². The number of alkyl carbamates (subject to hydrolysis) is 1. The first-order valence-corrected chi connectivity index (χ1v) is 9.04. The number of aryl methyl sites for hydroxylation is 1. The van der Waals surface area contributed by atoms with Gasteiger partial charge in [0.15, 0.2) is 0 Å². The minimum atomic E-state index is -0.374. The molecule has 2 amide bonds. The first-order valence-electron chi connectivity index (χ1n) is 9.04. The monoisotopic (exact) mass is 347 g/mol. The van der Waals surface area contributed by atoms with Crippen molar-refractivity contribution in [1.29, 1.82) is 0 Å². The summed E-state index contributed by atoms with van der Waals surface area (Å²) < 4.78 is 7.35. The minimum absolute atomic E-state index is 0.0453. The van der Waals surface area contributed by atoms with Gasteiger partial charge < -0.3 is 20.3 Å². The molecule has 1 aromatic heterocycles. The highest BCUT2D eigenvalue weighted by Crippen LogP contribution is 2.40. The third-order valence-corrected chi connectivity index (χ3v) is 6.03. The Labute approximate surface area is 146 Å². The molecule has 1 spiro atoms. The summed E-state index contributed by atoms with van der Waals surface area (Å²) in [7, 11) is 1.79. The summed E-state index contributed by atoms with van der Waals surface area (Å²) >= 11 is 0. The Bertz CT molecular complexity index is 667. The van der Waals surface area contributed by atoms with Gasteiger partial charge >= 0.3 is 6.09 Å². The van der Waals surface area contributed by atoms with Crippen LogP contribution in [0.1, 0.15) is 29.8 Å². The van der Waals surface area contributed by atoms with E-state index in [9.17, 15) is 9.59 Å². The zero-order valence-corrected chi connectivity index (χ0v) is 14.5. The molecule has 3 fully saturated rings. The molecule has 2 N–H and O–H groups in total. The van der Waals surface area contributed by atoms with Gasteiger partial charge in [0.2, 0.25) is 0 Å². The number of carbonyl (C=O) groups is 2. The second-order valence-corrected chi connectivity index (χ2v) is 7.34. The van der Waals surface area contributed by atoms with E-state index in [1.807, 2.05) is 4.90 Å². The van der Waals surface area contributed by atoms with E-state index < -0.39 is 0 Å². The summed E-state index contributed by atoms with van der Waals surface area (Å²) in [5.74, 6) is 0.800. The molecule has 3 aliphatic heterocycles. The van der Waals surface area contributed by atoms with Crippen LogP contribution in [0.4, 0.5) is 4.79 Å². The first-order chi connectivity index (χ1) is 12.1. The number of rotatable bonds is 2. The summed E-state index contributed by atoms with van der Waals surface area (Å²) in [5, 5.41) is 10.4. The number of nitrogens with zero attached hydrogens (tertiary/aromatic N) is 3. The van der Waals surface area contributed by atoms with Gasteiger partial charge in [-0.3, -0.25) is 9.48 Å². The molecular weight excluding hydrogens is 322 g/mol. The van der Waals surface area contributed by atoms with Gasteiger partial charge in [-0.05, 0) is 31.4 Å². The van der Waals surface area contributed by atoms with Crippen LogP contribution in [-0.2, 0) is 11.8 Å². The Balaban J connectivity index is 1.42. The van der Waals surface area contributed by atoms with Crippen molar-refractivity contribution in [3.63, 3.8) is 0 Å². The summed E-state index contributed by atoms with van der Waals surface area (Å²) in [5.41, 5.74) is 0.254. The zero-order valence-electron chi connectivity index (χ0n) is 14.5. The van der Waals surface area contributed by atoms with Gasteiger partial charge in [0.05, 0.1) is 6.54 Å². The highest BCUT2D eigenvalue weighted by Gasteiger charge is 2.51. The lowest BCUT2D eigenvalue weighted by Crippen LogP contribution is -2.56.